The number of anilines is 1. The monoisotopic (exact) mass is 348 g/mol. The summed E-state index contributed by atoms with van der Waals surface area (Å²) in [5.41, 5.74) is 0.706. The van der Waals surface area contributed by atoms with E-state index in [-0.39, 0.29) is 24.1 Å². The van der Waals surface area contributed by atoms with Crippen LogP contribution in [-0.4, -0.2) is 27.9 Å². The Balaban J connectivity index is 2.09. The first-order chi connectivity index (χ1) is 11.9. The number of carboxylic acid groups (broad SMARTS) is 1. The molecule has 0 aliphatic rings. The van der Waals surface area contributed by atoms with Crippen LogP contribution in [0.1, 0.15) is 28.8 Å². The predicted molar refractivity (Wildman–Crippen MR) is 85.9 cm³/mol. The minimum atomic E-state index is -1.02. The van der Waals surface area contributed by atoms with Crippen LogP contribution in [0, 0.1) is 11.6 Å². The number of halogens is 2. The standard InChI is InChI=1S/C17H14F2N2O4/c18-11-3-6-13(14(19)9-11)17(24)20-12-4-1-10(2-5-12)15(21-25)7-8-16(22)23/h1-6,9,25H,7-8H2,(H,20,24)(H,22,23)/b21-15-. The Morgan fingerprint density at radius 1 is 1.04 bits per heavy atom. The van der Waals surface area contributed by atoms with E-state index in [1.165, 1.54) is 24.3 Å². The number of amides is 1. The summed E-state index contributed by atoms with van der Waals surface area (Å²) in [6, 6.07) is 8.65. The fourth-order valence-electron chi connectivity index (χ4n) is 2.10. The van der Waals surface area contributed by atoms with Crippen molar-refractivity contribution in [1.82, 2.24) is 0 Å². The molecule has 0 heterocycles. The van der Waals surface area contributed by atoms with Crippen molar-refractivity contribution in [2.45, 2.75) is 12.8 Å². The second-order valence-corrected chi connectivity index (χ2v) is 5.10. The zero-order chi connectivity index (χ0) is 18.4. The van der Waals surface area contributed by atoms with E-state index < -0.39 is 23.5 Å². The fraction of sp³-hybridized carbons (Fsp3) is 0.118. The van der Waals surface area contributed by atoms with Gasteiger partial charge >= 0.3 is 5.97 Å². The van der Waals surface area contributed by atoms with Gasteiger partial charge in [0.2, 0.25) is 0 Å². The number of oxime groups is 1. The number of carboxylic acids is 1. The van der Waals surface area contributed by atoms with Gasteiger partial charge < -0.3 is 15.6 Å². The van der Waals surface area contributed by atoms with Gasteiger partial charge in [0.25, 0.3) is 5.91 Å². The molecule has 0 fully saturated rings. The van der Waals surface area contributed by atoms with E-state index in [1.54, 1.807) is 0 Å². The molecule has 130 valence electrons. The van der Waals surface area contributed by atoms with Crippen LogP contribution in [0.25, 0.3) is 0 Å². The average Bonchev–Trinajstić information content (AvgIpc) is 2.56. The summed E-state index contributed by atoms with van der Waals surface area (Å²) in [6.45, 7) is 0. The lowest BCUT2D eigenvalue weighted by Crippen LogP contribution is -2.14. The molecule has 0 atom stereocenters. The van der Waals surface area contributed by atoms with E-state index in [1.807, 2.05) is 0 Å². The van der Waals surface area contributed by atoms with Gasteiger partial charge in [0, 0.05) is 18.2 Å². The van der Waals surface area contributed by atoms with Gasteiger partial charge in [-0.05, 0) is 29.8 Å². The van der Waals surface area contributed by atoms with Crippen LogP contribution in [0.3, 0.4) is 0 Å². The van der Waals surface area contributed by atoms with E-state index in [0.717, 1.165) is 12.1 Å². The molecule has 6 nitrogen and oxygen atoms in total. The Morgan fingerprint density at radius 2 is 1.72 bits per heavy atom. The van der Waals surface area contributed by atoms with Crippen molar-refractivity contribution < 1.29 is 28.7 Å². The Morgan fingerprint density at radius 3 is 2.28 bits per heavy atom. The number of nitrogens with one attached hydrogen (secondary N) is 1. The maximum absolute atomic E-state index is 13.6. The van der Waals surface area contributed by atoms with Crippen LogP contribution in [0.15, 0.2) is 47.6 Å². The number of rotatable bonds is 6. The van der Waals surface area contributed by atoms with Crippen molar-refractivity contribution in [2.75, 3.05) is 5.32 Å². The number of hydrogen-bond donors (Lipinski definition) is 3. The third-order valence-electron chi connectivity index (χ3n) is 3.35. The van der Waals surface area contributed by atoms with E-state index >= 15 is 0 Å². The van der Waals surface area contributed by atoms with Crippen LogP contribution < -0.4 is 5.32 Å². The lowest BCUT2D eigenvalue weighted by molar-refractivity contribution is -0.136. The van der Waals surface area contributed by atoms with Crippen molar-refractivity contribution in [3.63, 3.8) is 0 Å². The van der Waals surface area contributed by atoms with Gasteiger partial charge in [-0.3, -0.25) is 9.59 Å². The molecule has 2 aromatic rings. The third kappa shape index (κ3) is 4.84. The predicted octanol–water partition coefficient (Wildman–Crippen LogP) is 3.26. The maximum atomic E-state index is 13.6. The first-order valence-corrected chi connectivity index (χ1v) is 7.20. The molecule has 1 amide bonds. The summed E-state index contributed by atoms with van der Waals surface area (Å²) in [5, 5.41) is 23.1. The molecule has 0 aliphatic heterocycles. The van der Waals surface area contributed by atoms with Crippen LogP contribution in [0.4, 0.5) is 14.5 Å². The van der Waals surface area contributed by atoms with Crippen molar-refractivity contribution in [3.05, 3.63) is 65.2 Å². The van der Waals surface area contributed by atoms with Gasteiger partial charge in [0.15, 0.2) is 0 Å². The summed E-state index contributed by atoms with van der Waals surface area (Å²) in [7, 11) is 0. The van der Waals surface area contributed by atoms with Gasteiger partial charge in [0.1, 0.15) is 11.6 Å². The Bertz CT molecular complexity index is 820. The van der Waals surface area contributed by atoms with Gasteiger partial charge in [-0.2, -0.15) is 0 Å². The molecular formula is C17H14F2N2O4. The number of benzene rings is 2. The highest BCUT2D eigenvalue weighted by molar-refractivity contribution is 6.05. The molecule has 0 spiro atoms. The quantitative estimate of drug-likeness (QED) is 0.424. The van der Waals surface area contributed by atoms with Crippen molar-refractivity contribution >= 4 is 23.3 Å². The smallest absolute Gasteiger partial charge is 0.303 e. The summed E-state index contributed by atoms with van der Waals surface area (Å²) in [5.74, 6) is -3.52. The third-order valence-corrected chi connectivity index (χ3v) is 3.35. The lowest BCUT2D eigenvalue weighted by Gasteiger charge is -2.08. The summed E-state index contributed by atoms with van der Waals surface area (Å²) in [6.07, 6.45) is -0.153. The molecule has 0 saturated carbocycles. The zero-order valence-electron chi connectivity index (χ0n) is 12.9. The number of carbonyl (C=O) groups is 2. The Hall–Kier alpha value is -3.29. The molecule has 0 aliphatic carbocycles. The van der Waals surface area contributed by atoms with Crippen molar-refractivity contribution in [3.8, 4) is 0 Å². The van der Waals surface area contributed by atoms with E-state index in [0.29, 0.717) is 17.3 Å². The molecule has 0 aromatic heterocycles. The number of hydrogen-bond acceptors (Lipinski definition) is 4. The molecule has 8 heteroatoms. The molecule has 3 N–H and O–H groups in total. The van der Waals surface area contributed by atoms with Gasteiger partial charge in [0.05, 0.1) is 17.7 Å². The minimum absolute atomic E-state index is 0.0400. The van der Waals surface area contributed by atoms with Gasteiger partial charge in [-0.25, -0.2) is 8.78 Å². The summed E-state index contributed by atoms with van der Waals surface area (Å²) in [4.78, 5) is 22.6. The normalized spacial score (nSPS) is 11.2. The van der Waals surface area contributed by atoms with Gasteiger partial charge in [-0.15, -0.1) is 0 Å². The topological polar surface area (TPSA) is 99.0 Å². The van der Waals surface area contributed by atoms with Gasteiger partial charge in [-0.1, -0.05) is 17.3 Å². The van der Waals surface area contributed by atoms with Crippen LogP contribution >= 0.6 is 0 Å². The highest BCUT2D eigenvalue weighted by Crippen LogP contribution is 2.16. The van der Waals surface area contributed by atoms with Crippen molar-refractivity contribution in [1.29, 1.82) is 0 Å². The maximum Gasteiger partial charge on any atom is 0.303 e. The molecule has 0 saturated heterocycles. The molecule has 0 unspecified atom stereocenters. The number of aliphatic carboxylic acids is 1. The Labute approximate surface area is 141 Å². The summed E-state index contributed by atoms with van der Waals surface area (Å²) >= 11 is 0. The van der Waals surface area contributed by atoms with Crippen LogP contribution in [-0.2, 0) is 4.79 Å². The van der Waals surface area contributed by atoms with Crippen molar-refractivity contribution in [2.24, 2.45) is 5.16 Å². The molecule has 0 bridgehead atoms. The molecule has 2 aromatic carbocycles. The van der Waals surface area contributed by atoms with Crippen LogP contribution in [0.5, 0.6) is 0 Å². The first-order valence-electron chi connectivity index (χ1n) is 7.20. The molecular weight excluding hydrogens is 334 g/mol. The minimum Gasteiger partial charge on any atom is -0.481 e. The van der Waals surface area contributed by atoms with E-state index in [4.69, 9.17) is 10.3 Å². The average molecular weight is 348 g/mol. The van der Waals surface area contributed by atoms with E-state index in [9.17, 15) is 18.4 Å². The van der Waals surface area contributed by atoms with E-state index in [2.05, 4.69) is 10.5 Å². The first kappa shape index (κ1) is 18.1. The number of nitrogens with zero attached hydrogens (tertiary/aromatic N) is 1. The SMILES string of the molecule is O=C(O)CC/C(=N/O)c1ccc(NC(=O)c2ccc(F)cc2F)cc1. The number of carbonyl (C=O) groups excluding carboxylic acids is 1. The second-order valence-electron chi connectivity index (χ2n) is 5.10. The Kier molecular flexibility index (Phi) is 5.78. The zero-order valence-corrected chi connectivity index (χ0v) is 12.9. The second kappa shape index (κ2) is 8.00. The molecule has 0 radical (unpaired) electrons. The highest BCUT2D eigenvalue weighted by atomic mass is 19.1. The summed E-state index contributed by atoms with van der Waals surface area (Å²) < 4.78 is 26.4. The van der Waals surface area contributed by atoms with Crippen LogP contribution in [0.2, 0.25) is 0 Å². The fourth-order valence-corrected chi connectivity index (χ4v) is 2.10. The largest absolute Gasteiger partial charge is 0.481 e. The molecule has 25 heavy (non-hydrogen) atoms. The highest BCUT2D eigenvalue weighted by Gasteiger charge is 2.13. The lowest BCUT2D eigenvalue weighted by atomic mass is 10.1. The molecule has 2 rings (SSSR count).